The molecule has 0 unspecified atom stereocenters. The van der Waals surface area contributed by atoms with Crippen LogP contribution >= 0.6 is 11.3 Å². The van der Waals surface area contributed by atoms with Crippen molar-refractivity contribution in [2.24, 2.45) is 0 Å². The Balaban J connectivity index is 1.83. The number of hydrogen-bond acceptors (Lipinski definition) is 4. The van der Waals surface area contributed by atoms with E-state index >= 15 is 0 Å². The number of thiophene rings is 1. The van der Waals surface area contributed by atoms with Crippen molar-refractivity contribution >= 4 is 66.0 Å². The summed E-state index contributed by atoms with van der Waals surface area (Å²) in [5, 5.41) is 9.02. The quantitative estimate of drug-likeness (QED) is 0.256. The molecule has 2 N–H and O–H groups in total. The fourth-order valence-corrected chi connectivity index (χ4v) is 21.8. The number of nitrogens with one attached hydrogen (secondary N) is 2. The number of benzene rings is 1. The molecule has 0 bridgehead atoms. The second-order valence-corrected chi connectivity index (χ2v) is 24.0. The molecule has 1 aromatic carbocycles. The van der Waals surface area contributed by atoms with E-state index in [0.717, 1.165) is 27.3 Å². The fourth-order valence-electron chi connectivity index (χ4n) is 5.33. The summed E-state index contributed by atoms with van der Waals surface area (Å²) < 4.78 is 6.93. The number of aromatic nitrogens is 1. The van der Waals surface area contributed by atoms with Crippen LogP contribution in [0.25, 0.3) is 21.0 Å². The molecule has 1 amide bonds. The van der Waals surface area contributed by atoms with Crippen molar-refractivity contribution < 1.29 is 4.79 Å². The maximum atomic E-state index is 12.8. The molecule has 4 nitrogen and oxygen atoms in total. The van der Waals surface area contributed by atoms with Crippen LogP contribution in [-0.2, 0) is 0 Å². The van der Waals surface area contributed by atoms with Gasteiger partial charge in [-0.25, -0.2) is 0 Å². The van der Waals surface area contributed by atoms with Gasteiger partial charge in [0.05, 0.1) is 0 Å². The van der Waals surface area contributed by atoms with Gasteiger partial charge in [0.15, 0.2) is 0 Å². The van der Waals surface area contributed by atoms with E-state index in [4.69, 9.17) is 4.98 Å². The van der Waals surface area contributed by atoms with Crippen LogP contribution in [0.4, 0.5) is 5.69 Å². The van der Waals surface area contributed by atoms with E-state index in [9.17, 15) is 4.79 Å². The van der Waals surface area contributed by atoms with Crippen LogP contribution in [0.5, 0.6) is 0 Å². The molecule has 4 rings (SSSR count). The molecule has 1 aliphatic rings. The zero-order chi connectivity index (χ0) is 23.4. The Morgan fingerprint density at radius 2 is 1.67 bits per heavy atom. The van der Waals surface area contributed by atoms with E-state index < -0.39 is 18.4 Å². The Kier molecular flexibility index (Phi) is 8.21. The van der Waals surface area contributed by atoms with Crippen LogP contribution in [0.1, 0.15) is 75.9 Å². The van der Waals surface area contributed by atoms with Gasteiger partial charge in [-0.15, -0.1) is 0 Å². The molecule has 3 heterocycles. The first kappa shape index (κ1) is 24.8. The molecule has 2 aromatic heterocycles. The van der Waals surface area contributed by atoms with Crippen molar-refractivity contribution in [3.05, 3.63) is 29.1 Å². The predicted molar refractivity (Wildman–Crippen MR) is 147 cm³/mol. The minimum absolute atomic E-state index is 0.0374. The molecular formula is C27H39N3OSSn. The first-order valence-electron chi connectivity index (χ1n) is 12.9. The number of nitrogens with zero attached hydrogens (tertiary/aromatic N) is 1. The molecule has 3 aromatic rings. The summed E-state index contributed by atoms with van der Waals surface area (Å²) in [4.78, 5) is 19.0. The molecular weight excluding hydrogens is 533 g/mol. The number of pyridine rings is 1. The van der Waals surface area contributed by atoms with Gasteiger partial charge in [-0.05, 0) is 0 Å². The predicted octanol–water partition coefficient (Wildman–Crippen LogP) is 7.05. The van der Waals surface area contributed by atoms with Crippen LogP contribution in [0.15, 0.2) is 24.3 Å². The standard InChI is InChI=1S/C15H12N3OS.3C4H9.Sn/c1-8-7-17-13-12-9-3-2-6-16-10(9)4-5-11(12)20-14(13)15(19)18-8;3*1-3-4-2;/h2-5,8,17H,7H2,1H3,(H,18,19);3*1,3-4H2,2H3;/t8-;;;;/m1..../s1. The third-order valence-corrected chi connectivity index (χ3v) is 23.5. The van der Waals surface area contributed by atoms with Gasteiger partial charge in [0.2, 0.25) is 0 Å². The van der Waals surface area contributed by atoms with Crippen molar-refractivity contribution in [2.75, 3.05) is 11.9 Å². The van der Waals surface area contributed by atoms with Crippen LogP contribution in [-0.4, -0.2) is 41.9 Å². The summed E-state index contributed by atoms with van der Waals surface area (Å²) in [7, 11) is 0. The van der Waals surface area contributed by atoms with Crippen LogP contribution in [0.3, 0.4) is 0 Å². The Morgan fingerprint density at radius 3 is 2.30 bits per heavy atom. The number of carbonyl (C=O) groups excluding carboxylic acids is 1. The molecule has 0 saturated heterocycles. The summed E-state index contributed by atoms with van der Waals surface area (Å²) in [6, 6.07) is 9.21. The van der Waals surface area contributed by atoms with Crippen molar-refractivity contribution in [2.45, 2.75) is 85.6 Å². The van der Waals surface area contributed by atoms with E-state index in [1.54, 1.807) is 11.3 Å². The molecule has 0 radical (unpaired) electrons. The van der Waals surface area contributed by atoms with Crippen LogP contribution in [0.2, 0.25) is 13.3 Å². The summed E-state index contributed by atoms with van der Waals surface area (Å²) in [5.74, 6) is 0.0374. The average molecular weight is 572 g/mol. The molecule has 6 heteroatoms. The van der Waals surface area contributed by atoms with Gasteiger partial charge in [-0.3, -0.25) is 0 Å². The molecule has 178 valence electrons. The van der Waals surface area contributed by atoms with E-state index in [-0.39, 0.29) is 11.9 Å². The molecule has 1 aliphatic heterocycles. The van der Waals surface area contributed by atoms with Crippen LogP contribution in [0, 0.1) is 0 Å². The number of unbranched alkanes of at least 4 members (excludes halogenated alkanes) is 3. The van der Waals surface area contributed by atoms with Crippen molar-refractivity contribution in [1.29, 1.82) is 0 Å². The van der Waals surface area contributed by atoms with Crippen molar-refractivity contribution in [3.63, 3.8) is 0 Å². The summed E-state index contributed by atoms with van der Waals surface area (Å²) in [5.41, 5.74) is 2.10. The number of amides is 1. The molecule has 33 heavy (non-hydrogen) atoms. The van der Waals surface area contributed by atoms with Crippen molar-refractivity contribution in [3.8, 4) is 0 Å². The Labute approximate surface area is 206 Å². The fraction of sp³-hybridized carbons (Fsp3) is 0.556. The monoisotopic (exact) mass is 573 g/mol. The van der Waals surface area contributed by atoms with Gasteiger partial charge in [-0.1, -0.05) is 0 Å². The molecule has 0 saturated carbocycles. The van der Waals surface area contributed by atoms with Gasteiger partial charge in [0.25, 0.3) is 0 Å². The second kappa shape index (κ2) is 10.9. The van der Waals surface area contributed by atoms with E-state index in [1.807, 2.05) is 6.92 Å². The third kappa shape index (κ3) is 5.04. The molecule has 0 spiro atoms. The molecule has 0 aliphatic carbocycles. The van der Waals surface area contributed by atoms with Gasteiger partial charge in [0, 0.05) is 0 Å². The summed E-state index contributed by atoms with van der Waals surface area (Å²) in [6.07, 6.45) is 7.86. The first-order valence-corrected chi connectivity index (χ1v) is 21.2. The maximum absolute atomic E-state index is 12.8. The van der Waals surface area contributed by atoms with E-state index in [0.29, 0.717) is 0 Å². The van der Waals surface area contributed by atoms with Gasteiger partial charge in [0.1, 0.15) is 0 Å². The van der Waals surface area contributed by atoms with E-state index in [1.165, 1.54) is 66.3 Å². The summed E-state index contributed by atoms with van der Waals surface area (Å²) >= 11 is -0.988. The zero-order valence-electron chi connectivity index (χ0n) is 20.7. The molecule has 0 fully saturated rings. The Bertz CT molecular complexity index is 1100. The molecule has 1 atom stereocenters. The number of rotatable bonds is 10. The average Bonchev–Trinajstić information content (AvgIpc) is 3.15. The van der Waals surface area contributed by atoms with Gasteiger partial charge < -0.3 is 0 Å². The first-order chi connectivity index (χ1) is 16.0. The van der Waals surface area contributed by atoms with Gasteiger partial charge in [-0.2, -0.15) is 0 Å². The second-order valence-electron chi connectivity index (χ2n) is 9.85. The zero-order valence-corrected chi connectivity index (χ0v) is 24.4. The van der Waals surface area contributed by atoms with Gasteiger partial charge >= 0.3 is 208 Å². The number of hydrogen-bond donors (Lipinski definition) is 2. The SMILES string of the molecule is CCC[CH2][Sn]([CH2]CCC)([CH2]CCC)[c]1ccc2c(ccc3sc4c(c32)NC[C@@H](C)NC4=O)n1. The van der Waals surface area contributed by atoms with Crippen LogP contribution < -0.4 is 14.3 Å². The van der Waals surface area contributed by atoms with E-state index in [2.05, 4.69) is 55.7 Å². The number of carbonyl (C=O) groups is 1. The minimum atomic E-state index is -2.58. The number of anilines is 1. The summed E-state index contributed by atoms with van der Waals surface area (Å²) in [6.45, 7) is 9.77. The normalized spacial score (nSPS) is 16.5. The van der Waals surface area contributed by atoms with Crippen molar-refractivity contribution in [1.82, 2.24) is 10.3 Å². The third-order valence-electron chi connectivity index (χ3n) is 7.26. The topological polar surface area (TPSA) is 54.0 Å². The number of fused-ring (bicyclic) bond motifs is 5. The Hall–Kier alpha value is -1.34. The Morgan fingerprint density at radius 1 is 1.00 bits per heavy atom.